The van der Waals surface area contributed by atoms with Gasteiger partial charge in [0.1, 0.15) is 17.4 Å². The minimum atomic E-state index is -0.845. The Kier molecular flexibility index (Phi) is 5.97. The molecule has 2 aromatic carbocycles. The van der Waals surface area contributed by atoms with Crippen LogP contribution in [-0.2, 0) is 4.79 Å². The Morgan fingerprint density at radius 3 is 2.71 bits per heavy atom. The molecule has 0 bridgehead atoms. The number of nitrogens with one attached hydrogen (secondary N) is 1. The van der Waals surface area contributed by atoms with Crippen molar-refractivity contribution >= 4 is 22.6 Å². The zero-order valence-electron chi connectivity index (χ0n) is 18.6. The van der Waals surface area contributed by atoms with E-state index in [4.69, 9.17) is 14.3 Å². The van der Waals surface area contributed by atoms with Gasteiger partial charge in [0.2, 0.25) is 5.88 Å². The second-order valence-corrected chi connectivity index (χ2v) is 8.16. The average molecular weight is 457 g/mol. The van der Waals surface area contributed by atoms with Crippen LogP contribution in [-0.4, -0.2) is 38.3 Å². The predicted molar refractivity (Wildman–Crippen MR) is 128 cm³/mol. The van der Waals surface area contributed by atoms with E-state index in [1.165, 1.54) is 0 Å². The molecule has 0 fully saturated rings. The van der Waals surface area contributed by atoms with Gasteiger partial charge in [-0.1, -0.05) is 48.5 Å². The van der Waals surface area contributed by atoms with Gasteiger partial charge >= 0.3 is 5.97 Å². The Morgan fingerprint density at radius 2 is 1.91 bits per heavy atom. The number of aromatic nitrogens is 3. The molecule has 8 nitrogen and oxygen atoms in total. The summed E-state index contributed by atoms with van der Waals surface area (Å²) in [5, 5.41) is 18.0. The molecule has 5 rings (SSSR count). The molecule has 0 saturated heterocycles. The molecule has 0 aliphatic heterocycles. The maximum absolute atomic E-state index is 11.0. The molecule has 0 aliphatic carbocycles. The van der Waals surface area contributed by atoms with E-state index < -0.39 is 5.97 Å². The third-order valence-electron chi connectivity index (χ3n) is 5.58. The van der Waals surface area contributed by atoms with Gasteiger partial charge in [-0.05, 0) is 30.7 Å². The molecule has 0 radical (unpaired) electrons. The third-order valence-corrected chi connectivity index (χ3v) is 5.58. The first-order valence-corrected chi connectivity index (χ1v) is 11.1. The van der Waals surface area contributed by atoms with Crippen LogP contribution < -0.4 is 10.1 Å². The van der Waals surface area contributed by atoms with E-state index in [-0.39, 0.29) is 18.6 Å². The quantitative estimate of drug-likeness (QED) is 0.331. The molecule has 2 unspecified atom stereocenters. The topological polar surface area (TPSA) is 102 Å². The summed E-state index contributed by atoms with van der Waals surface area (Å²) >= 11 is 0. The standard InChI is InChI=1S/C26H24N4O4/c1-17(13-26(31)32)27-16-23(18-7-3-2-4-8-18)34-25-12-11-24-28-15-20(30(24)29-25)22-14-19-9-5-6-10-21(19)33-22/h2-12,14-15,17,23,27H,13,16H2,1H3,(H,31,32). The Labute approximate surface area is 195 Å². The molecular weight excluding hydrogens is 432 g/mol. The van der Waals surface area contributed by atoms with Crippen molar-refractivity contribution in [2.75, 3.05) is 6.54 Å². The van der Waals surface area contributed by atoms with Crippen molar-refractivity contribution in [2.45, 2.75) is 25.5 Å². The van der Waals surface area contributed by atoms with E-state index in [9.17, 15) is 4.79 Å². The minimum Gasteiger partial charge on any atom is -0.481 e. The maximum Gasteiger partial charge on any atom is 0.304 e. The summed E-state index contributed by atoms with van der Waals surface area (Å²) < 4.78 is 14.0. The summed E-state index contributed by atoms with van der Waals surface area (Å²) in [6.45, 7) is 2.27. The van der Waals surface area contributed by atoms with Crippen molar-refractivity contribution in [2.24, 2.45) is 0 Å². The van der Waals surface area contributed by atoms with Crippen molar-refractivity contribution in [3.05, 3.63) is 84.6 Å². The molecule has 0 saturated carbocycles. The number of furan rings is 1. The third kappa shape index (κ3) is 4.62. The highest BCUT2D eigenvalue weighted by Gasteiger charge is 2.18. The normalized spacial score (nSPS) is 13.2. The number of aliphatic carboxylic acids is 1. The highest BCUT2D eigenvalue weighted by atomic mass is 16.5. The smallest absolute Gasteiger partial charge is 0.304 e. The van der Waals surface area contributed by atoms with E-state index >= 15 is 0 Å². The summed E-state index contributed by atoms with van der Waals surface area (Å²) in [6, 6.07) is 23.0. The van der Waals surface area contributed by atoms with Gasteiger partial charge in [0.05, 0.1) is 12.6 Å². The van der Waals surface area contributed by atoms with Gasteiger partial charge < -0.3 is 19.6 Å². The Bertz CT molecular complexity index is 1390. The number of nitrogens with zero attached hydrogens (tertiary/aromatic N) is 3. The molecule has 0 amide bonds. The van der Waals surface area contributed by atoms with Crippen molar-refractivity contribution < 1.29 is 19.1 Å². The first-order valence-electron chi connectivity index (χ1n) is 11.1. The second-order valence-electron chi connectivity index (χ2n) is 8.16. The fourth-order valence-electron chi connectivity index (χ4n) is 3.88. The highest BCUT2D eigenvalue weighted by Crippen LogP contribution is 2.29. The lowest BCUT2D eigenvalue weighted by atomic mass is 10.1. The Morgan fingerprint density at radius 1 is 1.12 bits per heavy atom. The van der Waals surface area contributed by atoms with Crippen molar-refractivity contribution in [1.29, 1.82) is 0 Å². The number of carboxylic acids is 1. The van der Waals surface area contributed by atoms with Gasteiger partial charge in [-0.15, -0.1) is 5.10 Å². The van der Waals surface area contributed by atoms with Crippen LogP contribution in [0.5, 0.6) is 5.88 Å². The number of carboxylic acid groups (broad SMARTS) is 1. The van der Waals surface area contributed by atoms with E-state index in [0.717, 1.165) is 22.2 Å². The van der Waals surface area contributed by atoms with Crippen molar-refractivity contribution in [3.8, 4) is 17.3 Å². The van der Waals surface area contributed by atoms with E-state index in [1.54, 1.807) is 16.8 Å². The van der Waals surface area contributed by atoms with Gasteiger partial charge in [0.15, 0.2) is 11.4 Å². The largest absolute Gasteiger partial charge is 0.481 e. The number of benzene rings is 2. The van der Waals surface area contributed by atoms with Crippen LogP contribution in [0.4, 0.5) is 0 Å². The summed E-state index contributed by atoms with van der Waals surface area (Å²) in [6.07, 6.45) is 1.40. The lowest BCUT2D eigenvalue weighted by Gasteiger charge is -2.21. The van der Waals surface area contributed by atoms with Crippen LogP contribution in [0.25, 0.3) is 28.1 Å². The summed E-state index contributed by atoms with van der Waals surface area (Å²) in [5.74, 6) is 0.244. The van der Waals surface area contributed by atoms with Gasteiger partial charge in [-0.25, -0.2) is 9.50 Å². The zero-order valence-corrected chi connectivity index (χ0v) is 18.6. The number of rotatable bonds is 9. The van der Waals surface area contributed by atoms with Crippen LogP contribution in [0.3, 0.4) is 0 Å². The monoisotopic (exact) mass is 456 g/mol. The molecule has 5 aromatic rings. The van der Waals surface area contributed by atoms with Crippen molar-refractivity contribution in [1.82, 2.24) is 19.9 Å². The number of ether oxygens (including phenoxy) is 1. The van der Waals surface area contributed by atoms with Crippen LogP contribution in [0, 0.1) is 0 Å². The molecule has 3 aromatic heterocycles. The van der Waals surface area contributed by atoms with Crippen LogP contribution >= 0.6 is 0 Å². The molecule has 2 atom stereocenters. The number of fused-ring (bicyclic) bond motifs is 2. The van der Waals surface area contributed by atoms with Crippen molar-refractivity contribution in [3.63, 3.8) is 0 Å². The molecule has 8 heteroatoms. The number of para-hydroxylation sites is 1. The van der Waals surface area contributed by atoms with Gasteiger partial charge in [-0.2, -0.15) is 0 Å². The first kappa shape index (κ1) is 21.7. The van der Waals surface area contributed by atoms with Crippen LogP contribution in [0.15, 0.2) is 83.4 Å². The van der Waals surface area contributed by atoms with Crippen LogP contribution in [0.2, 0.25) is 0 Å². The highest BCUT2D eigenvalue weighted by molar-refractivity contribution is 5.82. The van der Waals surface area contributed by atoms with Gasteiger partial charge in [0.25, 0.3) is 0 Å². The molecular formula is C26H24N4O4. The second kappa shape index (κ2) is 9.36. The molecule has 3 heterocycles. The lowest BCUT2D eigenvalue weighted by Crippen LogP contribution is -2.34. The van der Waals surface area contributed by atoms with Gasteiger partial charge in [0, 0.05) is 24.0 Å². The SMILES string of the molecule is CC(CC(=O)O)NCC(Oc1ccc2ncc(-c3cc4ccccc4o3)n2n1)c1ccccc1. The molecule has 2 N–H and O–H groups in total. The lowest BCUT2D eigenvalue weighted by molar-refractivity contribution is -0.137. The number of imidazole rings is 1. The summed E-state index contributed by atoms with van der Waals surface area (Å²) in [7, 11) is 0. The van der Waals surface area contributed by atoms with Gasteiger partial charge in [-0.3, -0.25) is 4.79 Å². The fourth-order valence-corrected chi connectivity index (χ4v) is 3.88. The minimum absolute atomic E-state index is 0.0294. The fraction of sp³-hybridized carbons (Fsp3) is 0.192. The zero-order chi connectivity index (χ0) is 23.5. The van der Waals surface area contributed by atoms with Crippen LogP contribution in [0.1, 0.15) is 25.0 Å². The van der Waals surface area contributed by atoms with E-state index in [1.807, 2.05) is 73.7 Å². The Hall–Kier alpha value is -4.17. The predicted octanol–water partition coefficient (Wildman–Crippen LogP) is 4.72. The summed E-state index contributed by atoms with van der Waals surface area (Å²) in [5.41, 5.74) is 3.15. The number of hydrogen-bond donors (Lipinski definition) is 2. The molecule has 0 spiro atoms. The number of carbonyl (C=O) groups is 1. The van der Waals surface area contributed by atoms with E-state index in [2.05, 4.69) is 15.4 Å². The Balaban J connectivity index is 1.43. The number of hydrogen-bond acceptors (Lipinski definition) is 6. The molecule has 34 heavy (non-hydrogen) atoms. The molecule has 0 aliphatic rings. The maximum atomic E-state index is 11.0. The summed E-state index contributed by atoms with van der Waals surface area (Å²) in [4.78, 5) is 15.5. The average Bonchev–Trinajstić information content (AvgIpc) is 3.45. The molecule has 172 valence electrons. The first-order chi connectivity index (χ1) is 16.6. The van der Waals surface area contributed by atoms with E-state index in [0.29, 0.717) is 23.8 Å².